The number of nitrogens with two attached hydrogens (primary N) is 1. The molecule has 0 saturated heterocycles. The van der Waals surface area contributed by atoms with E-state index in [1.807, 2.05) is 35.8 Å². The molecule has 1 aromatic heterocycles. The number of nitrogens with zero attached hydrogens (tertiary/aromatic N) is 2. The van der Waals surface area contributed by atoms with Crippen molar-refractivity contribution in [3.8, 4) is 17.0 Å². The minimum Gasteiger partial charge on any atom is -0.497 e. The van der Waals surface area contributed by atoms with Gasteiger partial charge in [-0.1, -0.05) is 0 Å². The first-order valence-corrected chi connectivity index (χ1v) is 6.71. The zero-order valence-electron chi connectivity index (χ0n) is 11.6. The molecule has 0 fully saturated rings. The molecule has 0 aliphatic carbocycles. The van der Waals surface area contributed by atoms with Crippen molar-refractivity contribution >= 4 is 0 Å². The van der Waals surface area contributed by atoms with Crippen LogP contribution in [0.2, 0.25) is 0 Å². The van der Waals surface area contributed by atoms with Gasteiger partial charge in [-0.2, -0.15) is 0 Å². The van der Waals surface area contributed by atoms with Crippen LogP contribution in [-0.4, -0.2) is 22.8 Å². The van der Waals surface area contributed by atoms with Gasteiger partial charge in [-0.05, 0) is 31.2 Å². The quantitative estimate of drug-likeness (QED) is 0.916. The third-order valence-corrected chi connectivity index (χ3v) is 3.84. The molecule has 0 saturated carbocycles. The van der Waals surface area contributed by atoms with Crippen molar-refractivity contribution in [1.29, 1.82) is 0 Å². The number of imidazole rings is 1. The highest BCUT2D eigenvalue weighted by molar-refractivity contribution is 5.63. The summed E-state index contributed by atoms with van der Waals surface area (Å²) in [5, 5.41) is 0. The van der Waals surface area contributed by atoms with Gasteiger partial charge >= 0.3 is 0 Å². The molecule has 2 N–H and O–H groups in total. The lowest BCUT2D eigenvalue weighted by Crippen LogP contribution is -2.30. The monoisotopic (exact) mass is 275 g/mol. The maximum Gasteiger partial charge on any atom is 0.126 e. The topological polar surface area (TPSA) is 53.1 Å². The van der Waals surface area contributed by atoms with Crippen LogP contribution in [0.3, 0.4) is 0 Å². The molecule has 0 spiro atoms. The fraction of sp³-hybridized carbons (Fsp3) is 0.400. The number of ether oxygens (including phenoxy) is 1. The Hall–Kier alpha value is -1.88. The Morgan fingerprint density at radius 2 is 2.05 bits per heavy atom. The van der Waals surface area contributed by atoms with Gasteiger partial charge in [-0.25, -0.2) is 9.37 Å². The zero-order valence-corrected chi connectivity index (χ0v) is 11.6. The molecule has 2 atom stereocenters. The fourth-order valence-electron chi connectivity index (χ4n) is 2.74. The molecule has 106 valence electrons. The van der Waals surface area contributed by atoms with E-state index in [4.69, 9.17) is 10.5 Å². The average molecular weight is 275 g/mol. The van der Waals surface area contributed by atoms with Gasteiger partial charge in [-0.15, -0.1) is 0 Å². The molecule has 3 rings (SSSR count). The molecule has 1 aliphatic heterocycles. The number of fused-ring (bicyclic) bond motifs is 1. The minimum absolute atomic E-state index is 0.329. The lowest BCUT2D eigenvalue weighted by Gasteiger charge is -2.23. The normalized spacial score (nSPS) is 21.6. The molecule has 0 amide bonds. The highest BCUT2D eigenvalue weighted by Gasteiger charge is 2.28. The van der Waals surface area contributed by atoms with Gasteiger partial charge in [0.15, 0.2) is 0 Å². The van der Waals surface area contributed by atoms with E-state index < -0.39 is 6.17 Å². The summed E-state index contributed by atoms with van der Waals surface area (Å²) in [4.78, 5) is 4.62. The lowest BCUT2D eigenvalue weighted by atomic mass is 10.1. The summed E-state index contributed by atoms with van der Waals surface area (Å²) < 4.78 is 20.7. The van der Waals surface area contributed by atoms with Gasteiger partial charge in [0.25, 0.3) is 0 Å². The van der Waals surface area contributed by atoms with E-state index in [9.17, 15) is 4.39 Å². The van der Waals surface area contributed by atoms with Gasteiger partial charge in [0, 0.05) is 17.7 Å². The Morgan fingerprint density at radius 3 is 2.70 bits per heavy atom. The van der Waals surface area contributed by atoms with Crippen LogP contribution in [0.4, 0.5) is 4.39 Å². The van der Waals surface area contributed by atoms with Crippen LogP contribution < -0.4 is 10.5 Å². The summed E-state index contributed by atoms with van der Waals surface area (Å²) >= 11 is 0. The summed E-state index contributed by atoms with van der Waals surface area (Å²) in [6.45, 7) is 2.30. The van der Waals surface area contributed by atoms with Crippen LogP contribution in [0.25, 0.3) is 11.3 Å². The van der Waals surface area contributed by atoms with Crippen LogP contribution >= 0.6 is 0 Å². The maximum absolute atomic E-state index is 13.7. The van der Waals surface area contributed by atoms with E-state index in [1.54, 1.807) is 7.11 Å². The Bertz CT molecular complexity index is 621. The number of rotatable bonds is 2. The molecule has 5 heteroatoms. The van der Waals surface area contributed by atoms with E-state index >= 15 is 0 Å². The Balaban J connectivity index is 2.04. The number of hydrogen-bond acceptors (Lipinski definition) is 3. The zero-order chi connectivity index (χ0) is 14.3. The number of aromatic nitrogens is 2. The van der Waals surface area contributed by atoms with Crippen molar-refractivity contribution in [3.63, 3.8) is 0 Å². The van der Waals surface area contributed by atoms with E-state index in [0.717, 1.165) is 28.5 Å². The first-order valence-electron chi connectivity index (χ1n) is 6.71. The van der Waals surface area contributed by atoms with Crippen molar-refractivity contribution in [3.05, 3.63) is 35.8 Å². The number of methoxy groups -OCH3 is 1. The van der Waals surface area contributed by atoms with Gasteiger partial charge in [0.2, 0.25) is 0 Å². The minimum atomic E-state index is -0.894. The first-order chi connectivity index (χ1) is 9.60. The Kier molecular flexibility index (Phi) is 3.22. The van der Waals surface area contributed by atoms with Crippen molar-refractivity contribution in [2.45, 2.75) is 32.1 Å². The van der Waals surface area contributed by atoms with Gasteiger partial charge in [0.1, 0.15) is 17.7 Å². The third kappa shape index (κ3) is 2.08. The first kappa shape index (κ1) is 13.1. The molecular weight excluding hydrogens is 257 g/mol. The molecule has 4 nitrogen and oxygen atoms in total. The second-order valence-electron chi connectivity index (χ2n) is 5.18. The van der Waals surface area contributed by atoms with Crippen LogP contribution in [0.15, 0.2) is 24.3 Å². The molecule has 20 heavy (non-hydrogen) atoms. The fourth-order valence-corrected chi connectivity index (χ4v) is 2.74. The predicted molar refractivity (Wildman–Crippen MR) is 75.4 cm³/mol. The molecule has 2 aromatic rings. The number of benzene rings is 1. The Labute approximate surface area is 117 Å². The molecular formula is C15H18FN3O. The highest BCUT2D eigenvalue weighted by Crippen LogP contribution is 2.32. The summed E-state index contributed by atoms with van der Waals surface area (Å²) in [5.74, 6) is 1.58. The smallest absolute Gasteiger partial charge is 0.126 e. The molecule has 2 unspecified atom stereocenters. The maximum atomic E-state index is 13.7. The van der Waals surface area contributed by atoms with Crippen LogP contribution in [-0.2, 0) is 6.54 Å². The SMILES string of the molecule is COc1ccc(-c2nc3n(c2C)CC(F)CC3N)cc1. The molecule has 1 aromatic carbocycles. The summed E-state index contributed by atoms with van der Waals surface area (Å²) in [5.41, 5.74) is 8.82. The van der Waals surface area contributed by atoms with Crippen LogP contribution in [0, 0.1) is 6.92 Å². The molecule has 2 heterocycles. The second-order valence-corrected chi connectivity index (χ2v) is 5.18. The van der Waals surface area contributed by atoms with Crippen LogP contribution in [0.5, 0.6) is 5.75 Å². The van der Waals surface area contributed by atoms with Crippen molar-refractivity contribution < 1.29 is 9.13 Å². The van der Waals surface area contributed by atoms with Gasteiger partial charge in [-0.3, -0.25) is 0 Å². The van der Waals surface area contributed by atoms with E-state index in [1.165, 1.54) is 0 Å². The predicted octanol–water partition coefficient (Wildman–Crippen LogP) is 2.61. The summed E-state index contributed by atoms with van der Waals surface area (Å²) in [6, 6.07) is 7.37. The lowest BCUT2D eigenvalue weighted by molar-refractivity contribution is 0.229. The van der Waals surface area contributed by atoms with E-state index in [2.05, 4.69) is 4.98 Å². The van der Waals surface area contributed by atoms with Gasteiger partial charge in [0.05, 0.1) is 25.4 Å². The second kappa shape index (κ2) is 4.90. The van der Waals surface area contributed by atoms with Crippen molar-refractivity contribution in [1.82, 2.24) is 9.55 Å². The molecule has 1 aliphatic rings. The van der Waals surface area contributed by atoms with Crippen molar-refractivity contribution in [2.24, 2.45) is 5.73 Å². The Morgan fingerprint density at radius 1 is 1.35 bits per heavy atom. The van der Waals surface area contributed by atoms with E-state index in [-0.39, 0.29) is 6.04 Å². The molecule has 0 bridgehead atoms. The molecule has 0 radical (unpaired) electrons. The number of halogens is 1. The average Bonchev–Trinajstić information content (AvgIpc) is 2.77. The number of hydrogen-bond donors (Lipinski definition) is 1. The third-order valence-electron chi connectivity index (χ3n) is 3.84. The number of alkyl halides is 1. The summed E-state index contributed by atoms with van der Waals surface area (Å²) in [7, 11) is 1.63. The summed E-state index contributed by atoms with van der Waals surface area (Å²) in [6.07, 6.45) is -0.549. The van der Waals surface area contributed by atoms with Crippen molar-refractivity contribution in [2.75, 3.05) is 7.11 Å². The largest absolute Gasteiger partial charge is 0.497 e. The van der Waals surface area contributed by atoms with Gasteiger partial charge < -0.3 is 15.0 Å². The van der Waals surface area contributed by atoms with E-state index in [0.29, 0.717) is 13.0 Å². The van der Waals surface area contributed by atoms with Crippen LogP contribution in [0.1, 0.15) is 24.0 Å². The highest BCUT2D eigenvalue weighted by atomic mass is 19.1. The standard InChI is InChI=1S/C15H18FN3O/c1-9-14(10-3-5-12(20-2)6-4-10)18-15-13(17)7-11(16)8-19(9)15/h3-6,11,13H,7-8,17H2,1-2H3.